The van der Waals surface area contributed by atoms with E-state index in [1.165, 1.54) is 34.0 Å². The molecule has 0 aliphatic carbocycles. The first-order valence-corrected chi connectivity index (χ1v) is 11.1. The largest absolute Gasteiger partial charge is 0.493 e. The molecule has 0 atom stereocenters. The molecule has 0 aliphatic heterocycles. The second-order valence-corrected chi connectivity index (χ2v) is 8.79. The zero-order valence-corrected chi connectivity index (χ0v) is 17.5. The highest BCUT2D eigenvalue weighted by atomic mass is 32.2. The van der Waals surface area contributed by atoms with Crippen molar-refractivity contribution in [3.05, 3.63) is 72.3 Å². The molecule has 1 amide bonds. The van der Waals surface area contributed by atoms with Gasteiger partial charge in [-0.3, -0.25) is 4.79 Å². The minimum Gasteiger partial charge on any atom is -0.493 e. The Balaban J connectivity index is 1.53. The summed E-state index contributed by atoms with van der Waals surface area (Å²) in [4.78, 5) is 14.2. The summed E-state index contributed by atoms with van der Waals surface area (Å²) in [6.07, 6.45) is 3.22. The van der Waals surface area contributed by atoms with E-state index in [9.17, 15) is 17.6 Å². The minimum atomic E-state index is -3.30. The predicted molar refractivity (Wildman–Crippen MR) is 110 cm³/mol. The van der Waals surface area contributed by atoms with Gasteiger partial charge in [0.2, 0.25) is 0 Å². The van der Waals surface area contributed by atoms with Gasteiger partial charge in [-0.15, -0.1) is 0 Å². The zero-order valence-electron chi connectivity index (χ0n) is 16.7. The first kappa shape index (κ1) is 21.5. The van der Waals surface area contributed by atoms with E-state index in [0.29, 0.717) is 25.3 Å². The molecule has 3 rings (SSSR count). The number of ether oxygens (including phenoxy) is 1. The Labute approximate surface area is 174 Å². The van der Waals surface area contributed by atoms with E-state index >= 15 is 0 Å². The van der Waals surface area contributed by atoms with Crippen LogP contribution in [0.2, 0.25) is 0 Å². The molecular weight excluding hydrogens is 409 g/mol. The maximum Gasteiger partial charge on any atom is 0.274 e. The third-order valence-electron chi connectivity index (χ3n) is 4.39. The lowest BCUT2D eigenvalue weighted by Gasteiger charge is -2.16. The second-order valence-electron chi connectivity index (χ2n) is 6.77. The number of benzene rings is 2. The lowest BCUT2D eigenvalue weighted by Crippen LogP contribution is -2.29. The Morgan fingerprint density at radius 1 is 1.17 bits per heavy atom. The highest BCUT2D eigenvalue weighted by Crippen LogP contribution is 2.17. The fraction of sp³-hybridized carbons (Fsp3) is 0.238. The van der Waals surface area contributed by atoms with Crippen LogP contribution in [-0.4, -0.2) is 55.5 Å². The third-order valence-corrected chi connectivity index (χ3v) is 5.50. The lowest BCUT2D eigenvalue weighted by molar-refractivity contribution is 0.0781. The van der Waals surface area contributed by atoms with E-state index in [-0.39, 0.29) is 22.2 Å². The van der Waals surface area contributed by atoms with Gasteiger partial charge in [0.05, 0.1) is 11.5 Å². The fourth-order valence-electron chi connectivity index (χ4n) is 2.79. The summed E-state index contributed by atoms with van der Waals surface area (Å²) in [7, 11) is -1.65. The molecule has 1 aromatic heterocycles. The Morgan fingerprint density at radius 3 is 2.67 bits per heavy atom. The summed E-state index contributed by atoms with van der Waals surface area (Å²) in [5.41, 5.74) is 0.478. The maximum atomic E-state index is 13.9. The fourth-order valence-corrected chi connectivity index (χ4v) is 3.45. The van der Waals surface area contributed by atoms with Crippen molar-refractivity contribution in [2.75, 3.05) is 26.5 Å². The Kier molecular flexibility index (Phi) is 6.51. The summed E-state index contributed by atoms with van der Waals surface area (Å²) in [6.45, 7) is 0.728. The summed E-state index contributed by atoms with van der Waals surface area (Å²) in [5, 5.41) is 4.17. The van der Waals surface area contributed by atoms with E-state index in [1.54, 1.807) is 43.4 Å². The van der Waals surface area contributed by atoms with E-state index in [0.717, 1.165) is 6.26 Å². The van der Waals surface area contributed by atoms with Crippen LogP contribution in [0.5, 0.6) is 5.75 Å². The smallest absolute Gasteiger partial charge is 0.274 e. The SMILES string of the molecule is CN(CCCOc1cccc(S(C)(=O)=O)c1)C(=O)c1ccn(-c2ccccc2F)n1. The normalized spacial score (nSPS) is 11.3. The number of sulfone groups is 1. The highest BCUT2D eigenvalue weighted by Gasteiger charge is 2.16. The molecule has 0 saturated carbocycles. The van der Waals surface area contributed by atoms with Gasteiger partial charge in [-0.2, -0.15) is 5.10 Å². The molecule has 7 nitrogen and oxygen atoms in total. The second kappa shape index (κ2) is 9.08. The number of hydrogen-bond donors (Lipinski definition) is 0. The van der Waals surface area contributed by atoms with Gasteiger partial charge >= 0.3 is 0 Å². The van der Waals surface area contributed by atoms with Gasteiger partial charge in [0, 0.05) is 26.0 Å². The molecule has 158 valence electrons. The Bertz CT molecular complexity index is 1140. The number of rotatable bonds is 8. The summed E-state index contributed by atoms with van der Waals surface area (Å²) in [5.74, 6) is -0.259. The average Bonchev–Trinajstić information content (AvgIpc) is 3.20. The van der Waals surface area contributed by atoms with Crippen LogP contribution < -0.4 is 4.74 Å². The van der Waals surface area contributed by atoms with Crippen molar-refractivity contribution < 1.29 is 22.3 Å². The minimum absolute atomic E-state index is 0.192. The number of aromatic nitrogens is 2. The van der Waals surface area contributed by atoms with E-state index < -0.39 is 15.7 Å². The molecule has 0 aliphatic rings. The van der Waals surface area contributed by atoms with Crippen molar-refractivity contribution in [2.24, 2.45) is 0 Å². The van der Waals surface area contributed by atoms with Crippen molar-refractivity contribution >= 4 is 15.7 Å². The van der Waals surface area contributed by atoms with Gasteiger partial charge < -0.3 is 9.64 Å². The zero-order chi connectivity index (χ0) is 21.7. The average molecular weight is 431 g/mol. The molecule has 0 fully saturated rings. The predicted octanol–water partition coefficient (Wildman–Crippen LogP) is 2.96. The molecule has 0 unspecified atom stereocenters. The number of amides is 1. The number of para-hydroxylation sites is 1. The Morgan fingerprint density at radius 2 is 1.93 bits per heavy atom. The molecule has 1 heterocycles. The van der Waals surface area contributed by atoms with Crippen molar-refractivity contribution in [3.63, 3.8) is 0 Å². The third kappa shape index (κ3) is 5.24. The van der Waals surface area contributed by atoms with Crippen LogP contribution in [-0.2, 0) is 9.84 Å². The number of carbonyl (C=O) groups is 1. The molecule has 9 heteroatoms. The first-order valence-electron chi connectivity index (χ1n) is 9.24. The number of halogens is 1. The van der Waals surface area contributed by atoms with Gasteiger partial charge in [0.1, 0.15) is 17.3 Å². The monoisotopic (exact) mass is 431 g/mol. The molecule has 3 aromatic rings. The molecular formula is C21H22FN3O4S. The number of hydrogen-bond acceptors (Lipinski definition) is 5. The molecule has 0 N–H and O–H groups in total. The molecule has 0 bridgehead atoms. The van der Waals surface area contributed by atoms with Gasteiger partial charge in [-0.25, -0.2) is 17.5 Å². The van der Waals surface area contributed by atoms with Crippen LogP contribution in [0.3, 0.4) is 0 Å². The molecule has 0 saturated heterocycles. The maximum absolute atomic E-state index is 13.9. The molecule has 30 heavy (non-hydrogen) atoms. The van der Waals surface area contributed by atoms with Gasteiger partial charge in [0.25, 0.3) is 5.91 Å². The quantitative estimate of drug-likeness (QED) is 0.512. The topological polar surface area (TPSA) is 81.5 Å². The summed E-state index contributed by atoms with van der Waals surface area (Å²) >= 11 is 0. The number of nitrogens with zero attached hydrogens (tertiary/aromatic N) is 3. The van der Waals surface area contributed by atoms with Gasteiger partial charge in [-0.1, -0.05) is 18.2 Å². The van der Waals surface area contributed by atoms with Crippen molar-refractivity contribution in [2.45, 2.75) is 11.3 Å². The van der Waals surface area contributed by atoms with Crippen molar-refractivity contribution in [3.8, 4) is 11.4 Å². The van der Waals surface area contributed by atoms with Crippen LogP contribution in [0.15, 0.2) is 65.7 Å². The van der Waals surface area contributed by atoms with Crippen LogP contribution in [0.4, 0.5) is 4.39 Å². The molecule has 2 aromatic carbocycles. The van der Waals surface area contributed by atoms with E-state index in [4.69, 9.17) is 4.74 Å². The van der Waals surface area contributed by atoms with Crippen molar-refractivity contribution in [1.82, 2.24) is 14.7 Å². The van der Waals surface area contributed by atoms with Gasteiger partial charge in [0.15, 0.2) is 15.5 Å². The van der Waals surface area contributed by atoms with Crippen molar-refractivity contribution in [1.29, 1.82) is 0 Å². The highest BCUT2D eigenvalue weighted by molar-refractivity contribution is 7.90. The lowest BCUT2D eigenvalue weighted by atomic mass is 10.3. The van der Waals surface area contributed by atoms with Crippen LogP contribution >= 0.6 is 0 Å². The molecule has 0 radical (unpaired) electrons. The van der Waals surface area contributed by atoms with E-state index in [2.05, 4.69) is 5.10 Å². The molecule has 0 spiro atoms. The summed E-state index contributed by atoms with van der Waals surface area (Å²) in [6, 6.07) is 14.0. The van der Waals surface area contributed by atoms with E-state index in [1.807, 2.05) is 0 Å². The number of carbonyl (C=O) groups excluding carboxylic acids is 1. The van der Waals surface area contributed by atoms with Crippen LogP contribution in [0, 0.1) is 5.82 Å². The van der Waals surface area contributed by atoms with Crippen LogP contribution in [0.25, 0.3) is 5.69 Å². The Hall–Kier alpha value is -3.20. The summed E-state index contributed by atoms with van der Waals surface area (Å²) < 4.78 is 44.0. The van der Waals surface area contributed by atoms with Crippen LogP contribution in [0.1, 0.15) is 16.9 Å². The standard InChI is InChI=1S/C21H22FN3O4S/c1-24(12-6-14-29-16-7-5-8-17(15-16)30(2,27)28)21(26)19-11-13-25(23-19)20-10-4-3-9-18(20)22/h3-5,7-11,13,15H,6,12,14H2,1-2H3. The van der Waals surface area contributed by atoms with Gasteiger partial charge in [-0.05, 0) is 42.8 Å². The first-order chi connectivity index (χ1) is 14.3.